The Morgan fingerprint density at radius 3 is 2.68 bits per heavy atom. The predicted molar refractivity (Wildman–Crippen MR) is 75.5 cm³/mol. The third-order valence-electron chi connectivity index (χ3n) is 2.52. The van der Waals surface area contributed by atoms with Crippen molar-refractivity contribution in [3.8, 4) is 0 Å². The van der Waals surface area contributed by atoms with Crippen molar-refractivity contribution < 1.29 is 17.9 Å². The molecule has 1 aromatic heterocycles. The van der Waals surface area contributed by atoms with Gasteiger partial charge in [-0.25, -0.2) is 8.42 Å². The summed E-state index contributed by atoms with van der Waals surface area (Å²) in [5.74, 6) is -0.118. The summed E-state index contributed by atoms with van der Waals surface area (Å²) in [6, 6.07) is 0. The fourth-order valence-electron chi connectivity index (χ4n) is 1.57. The molecule has 1 aromatic rings. The van der Waals surface area contributed by atoms with Crippen LogP contribution in [0.1, 0.15) is 22.8 Å². The minimum absolute atomic E-state index is 0.0178. The van der Waals surface area contributed by atoms with E-state index in [1.54, 1.807) is 14.0 Å². The number of hydrogen-bond acceptors (Lipinski definition) is 5. The molecule has 8 heteroatoms. The van der Waals surface area contributed by atoms with Crippen LogP contribution in [0.5, 0.6) is 0 Å². The van der Waals surface area contributed by atoms with Crippen molar-refractivity contribution in [1.29, 1.82) is 0 Å². The summed E-state index contributed by atoms with van der Waals surface area (Å²) in [5, 5.41) is 4.24. The van der Waals surface area contributed by atoms with Gasteiger partial charge in [-0.3, -0.25) is 4.79 Å². The smallest absolute Gasteiger partial charge is 0.271 e. The standard InChI is InChI=1S/C11H16ClNO4S2/c1-7(5-17-3)4-13-10(14)9-6-18-11(8(9)2)19(12,15)16/h6-7H,4-5H2,1-3H3,(H,13,14). The molecule has 0 bridgehead atoms. The Morgan fingerprint density at radius 1 is 1.58 bits per heavy atom. The second kappa shape index (κ2) is 6.69. The van der Waals surface area contributed by atoms with Crippen molar-refractivity contribution in [2.45, 2.75) is 18.1 Å². The number of amides is 1. The molecule has 0 aliphatic carbocycles. The lowest BCUT2D eigenvalue weighted by Gasteiger charge is -2.11. The number of carbonyl (C=O) groups is 1. The fourth-order valence-corrected chi connectivity index (χ4v) is 4.12. The molecule has 19 heavy (non-hydrogen) atoms. The molecule has 0 fully saturated rings. The maximum Gasteiger partial charge on any atom is 0.271 e. The maximum absolute atomic E-state index is 11.9. The molecule has 0 aliphatic heterocycles. The first-order valence-electron chi connectivity index (χ1n) is 5.57. The number of carbonyl (C=O) groups excluding carboxylic acids is 1. The second-order valence-electron chi connectivity index (χ2n) is 4.27. The minimum atomic E-state index is -3.80. The molecule has 0 aromatic carbocycles. The van der Waals surface area contributed by atoms with Crippen molar-refractivity contribution in [2.75, 3.05) is 20.3 Å². The highest BCUT2D eigenvalue weighted by molar-refractivity contribution is 8.15. The first kappa shape index (κ1) is 16.4. The monoisotopic (exact) mass is 325 g/mol. The van der Waals surface area contributed by atoms with E-state index in [1.165, 1.54) is 5.38 Å². The highest BCUT2D eigenvalue weighted by Crippen LogP contribution is 2.29. The van der Waals surface area contributed by atoms with Gasteiger partial charge in [0, 0.05) is 29.7 Å². The first-order valence-corrected chi connectivity index (χ1v) is 8.76. The quantitative estimate of drug-likeness (QED) is 0.812. The summed E-state index contributed by atoms with van der Waals surface area (Å²) in [4.78, 5) is 11.9. The van der Waals surface area contributed by atoms with Crippen molar-refractivity contribution in [2.24, 2.45) is 5.92 Å². The summed E-state index contributed by atoms with van der Waals surface area (Å²) in [5.41, 5.74) is 0.728. The summed E-state index contributed by atoms with van der Waals surface area (Å²) in [6.07, 6.45) is 0. The van der Waals surface area contributed by atoms with Crippen LogP contribution in [0.4, 0.5) is 0 Å². The SMILES string of the molecule is COCC(C)CNC(=O)c1csc(S(=O)(=O)Cl)c1C. The number of thiophene rings is 1. The van der Waals surface area contributed by atoms with Gasteiger partial charge in [0.05, 0.1) is 12.2 Å². The van der Waals surface area contributed by atoms with Gasteiger partial charge in [0.2, 0.25) is 0 Å². The highest BCUT2D eigenvalue weighted by Gasteiger charge is 2.22. The lowest BCUT2D eigenvalue weighted by atomic mass is 10.1. The van der Waals surface area contributed by atoms with E-state index in [1.807, 2.05) is 6.92 Å². The number of ether oxygens (including phenoxy) is 1. The Kier molecular flexibility index (Phi) is 5.79. The largest absolute Gasteiger partial charge is 0.384 e. The lowest BCUT2D eigenvalue weighted by molar-refractivity contribution is 0.0934. The van der Waals surface area contributed by atoms with Crippen molar-refractivity contribution in [3.63, 3.8) is 0 Å². The molecule has 5 nitrogen and oxygen atoms in total. The normalized spacial score (nSPS) is 13.3. The summed E-state index contributed by atoms with van der Waals surface area (Å²) < 4.78 is 27.5. The zero-order valence-electron chi connectivity index (χ0n) is 10.9. The molecule has 108 valence electrons. The van der Waals surface area contributed by atoms with Crippen molar-refractivity contribution in [1.82, 2.24) is 5.32 Å². The molecule has 0 radical (unpaired) electrons. The van der Waals surface area contributed by atoms with Crippen molar-refractivity contribution >= 4 is 37.0 Å². The Hall–Kier alpha value is -0.630. The van der Waals surface area contributed by atoms with Gasteiger partial charge in [0.15, 0.2) is 0 Å². The van der Waals surface area contributed by atoms with Gasteiger partial charge in [-0.1, -0.05) is 6.92 Å². The van der Waals surface area contributed by atoms with Gasteiger partial charge in [0.25, 0.3) is 15.0 Å². The average molecular weight is 326 g/mol. The molecule has 1 unspecified atom stereocenters. The van der Waals surface area contributed by atoms with Crippen LogP contribution in [0.15, 0.2) is 9.59 Å². The lowest BCUT2D eigenvalue weighted by Crippen LogP contribution is -2.30. The molecule has 1 rings (SSSR count). The molecular weight excluding hydrogens is 310 g/mol. The average Bonchev–Trinajstić information content (AvgIpc) is 2.68. The highest BCUT2D eigenvalue weighted by atomic mass is 35.7. The topological polar surface area (TPSA) is 72.5 Å². The second-order valence-corrected chi connectivity index (χ2v) is 7.91. The maximum atomic E-state index is 11.9. The Bertz CT molecular complexity index is 553. The first-order chi connectivity index (χ1) is 8.77. The van der Waals surface area contributed by atoms with Crippen molar-refractivity contribution in [3.05, 3.63) is 16.5 Å². The Balaban J connectivity index is 2.77. The molecule has 1 heterocycles. The molecule has 1 atom stereocenters. The van der Waals surface area contributed by atoms with Gasteiger partial charge >= 0.3 is 0 Å². The Labute approximate surface area is 121 Å². The van der Waals surface area contributed by atoms with Gasteiger partial charge in [-0.2, -0.15) is 0 Å². The van der Waals surface area contributed by atoms with Crippen LogP contribution in [0.3, 0.4) is 0 Å². The van der Waals surface area contributed by atoms with Gasteiger partial charge in [-0.15, -0.1) is 11.3 Å². The molecular formula is C11H16ClNO4S2. The molecule has 0 spiro atoms. The summed E-state index contributed by atoms with van der Waals surface area (Å²) >= 11 is 0.951. The summed E-state index contributed by atoms with van der Waals surface area (Å²) in [6.45, 7) is 4.52. The van der Waals surface area contributed by atoms with Crippen LogP contribution < -0.4 is 5.32 Å². The van der Waals surface area contributed by atoms with E-state index in [4.69, 9.17) is 15.4 Å². The third kappa shape index (κ3) is 4.45. The molecule has 1 N–H and O–H groups in total. The van der Waals surface area contributed by atoms with Gasteiger partial charge in [-0.05, 0) is 18.4 Å². The molecule has 0 saturated heterocycles. The molecule has 0 saturated carbocycles. The third-order valence-corrected chi connectivity index (χ3v) is 5.83. The zero-order chi connectivity index (χ0) is 14.6. The van der Waals surface area contributed by atoms with Crippen LogP contribution in [0.2, 0.25) is 0 Å². The van der Waals surface area contributed by atoms with E-state index in [0.717, 1.165) is 11.3 Å². The van der Waals surface area contributed by atoms with Crippen LogP contribution in [0, 0.1) is 12.8 Å². The predicted octanol–water partition coefficient (Wildman–Crippen LogP) is 2.00. The summed E-state index contributed by atoms with van der Waals surface area (Å²) in [7, 11) is 3.09. The van der Waals surface area contributed by atoms with Crippen LogP contribution >= 0.6 is 22.0 Å². The van der Waals surface area contributed by atoms with Crippen LogP contribution in [0.25, 0.3) is 0 Å². The zero-order valence-corrected chi connectivity index (χ0v) is 13.3. The number of rotatable bonds is 6. The van der Waals surface area contributed by atoms with Gasteiger partial charge < -0.3 is 10.1 Å². The Morgan fingerprint density at radius 2 is 2.21 bits per heavy atom. The van der Waals surface area contributed by atoms with Crippen LogP contribution in [-0.2, 0) is 13.8 Å². The van der Waals surface area contributed by atoms with E-state index < -0.39 is 9.05 Å². The van der Waals surface area contributed by atoms with E-state index >= 15 is 0 Å². The molecule has 0 aliphatic rings. The van der Waals surface area contributed by atoms with E-state index in [9.17, 15) is 13.2 Å². The van der Waals surface area contributed by atoms with Gasteiger partial charge in [0.1, 0.15) is 4.21 Å². The molecule has 1 amide bonds. The number of nitrogens with one attached hydrogen (secondary N) is 1. The fraction of sp³-hybridized carbons (Fsp3) is 0.545. The minimum Gasteiger partial charge on any atom is -0.384 e. The number of halogens is 1. The van der Waals surface area contributed by atoms with E-state index in [0.29, 0.717) is 24.3 Å². The van der Waals surface area contributed by atoms with E-state index in [2.05, 4.69) is 5.32 Å². The number of hydrogen-bond donors (Lipinski definition) is 1. The van der Waals surface area contributed by atoms with E-state index in [-0.39, 0.29) is 16.0 Å². The number of methoxy groups -OCH3 is 1. The van der Waals surface area contributed by atoms with Crippen LogP contribution in [-0.4, -0.2) is 34.6 Å².